The van der Waals surface area contributed by atoms with Gasteiger partial charge in [0.15, 0.2) is 5.58 Å². The quantitative estimate of drug-likeness (QED) is 0.893. The molecule has 0 unspecified atom stereocenters. The third-order valence-electron chi connectivity index (χ3n) is 2.85. The number of aromatic nitrogens is 1. The Morgan fingerprint density at radius 2 is 2.17 bits per heavy atom. The third kappa shape index (κ3) is 2.30. The van der Waals surface area contributed by atoms with Gasteiger partial charge < -0.3 is 9.73 Å². The van der Waals surface area contributed by atoms with E-state index in [1.807, 2.05) is 26.0 Å². The van der Waals surface area contributed by atoms with E-state index in [-0.39, 0.29) is 17.6 Å². The average Bonchev–Trinajstić information content (AvgIpc) is 2.61. The number of amides is 1. The van der Waals surface area contributed by atoms with Crippen LogP contribution in [-0.4, -0.2) is 10.5 Å². The van der Waals surface area contributed by atoms with E-state index >= 15 is 0 Å². The molecule has 0 saturated heterocycles. The van der Waals surface area contributed by atoms with Crippen molar-refractivity contribution in [3.63, 3.8) is 0 Å². The molecular weight excluding hydrogens is 232 g/mol. The molecule has 1 amide bonds. The van der Waals surface area contributed by atoms with Crippen molar-refractivity contribution in [2.24, 2.45) is 13.0 Å². The van der Waals surface area contributed by atoms with Crippen molar-refractivity contribution >= 4 is 17.0 Å². The van der Waals surface area contributed by atoms with E-state index in [2.05, 4.69) is 5.32 Å². The number of nitrogens with one attached hydrogen (secondary N) is 1. The summed E-state index contributed by atoms with van der Waals surface area (Å²) in [6.07, 6.45) is 0. The third-order valence-corrected chi connectivity index (χ3v) is 2.85. The van der Waals surface area contributed by atoms with E-state index < -0.39 is 0 Å². The number of nitrogens with zero attached hydrogens (tertiary/aromatic N) is 1. The first-order valence-corrected chi connectivity index (χ1v) is 5.85. The lowest BCUT2D eigenvalue weighted by Gasteiger charge is -2.07. The van der Waals surface area contributed by atoms with E-state index in [0.717, 1.165) is 11.1 Å². The molecule has 5 heteroatoms. The molecule has 1 N–H and O–H groups in total. The zero-order chi connectivity index (χ0) is 13.3. The minimum absolute atomic E-state index is 0.00427. The highest BCUT2D eigenvalue weighted by Gasteiger charge is 2.08. The fourth-order valence-corrected chi connectivity index (χ4v) is 1.68. The van der Waals surface area contributed by atoms with Crippen LogP contribution in [0.3, 0.4) is 0 Å². The predicted molar refractivity (Wildman–Crippen MR) is 68.1 cm³/mol. The number of fused-ring (bicyclic) bond motifs is 1. The number of aryl methyl sites for hydroxylation is 1. The van der Waals surface area contributed by atoms with Gasteiger partial charge in [-0.15, -0.1) is 0 Å². The molecule has 0 atom stereocenters. The van der Waals surface area contributed by atoms with Crippen LogP contribution in [0, 0.1) is 5.92 Å². The Hall–Kier alpha value is -2.04. The van der Waals surface area contributed by atoms with Gasteiger partial charge in [0, 0.05) is 19.5 Å². The molecule has 0 spiro atoms. The summed E-state index contributed by atoms with van der Waals surface area (Å²) in [6.45, 7) is 4.12. The lowest BCUT2D eigenvalue weighted by Crippen LogP contribution is -2.27. The van der Waals surface area contributed by atoms with Crippen molar-refractivity contribution < 1.29 is 9.21 Å². The highest BCUT2D eigenvalue weighted by molar-refractivity contribution is 5.78. The number of hydrogen-bond acceptors (Lipinski definition) is 3. The molecule has 2 aromatic rings. The summed E-state index contributed by atoms with van der Waals surface area (Å²) in [7, 11) is 1.66. The lowest BCUT2D eigenvalue weighted by atomic mass is 10.1. The first kappa shape index (κ1) is 12.4. The molecule has 0 fully saturated rings. The normalized spacial score (nSPS) is 11.1. The van der Waals surface area contributed by atoms with Crippen LogP contribution in [0.1, 0.15) is 19.4 Å². The van der Waals surface area contributed by atoms with Gasteiger partial charge in [0.25, 0.3) is 0 Å². The van der Waals surface area contributed by atoms with E-state index in [4.69, 9.17) is 4.42 Å². The van der Waals surface area contributed by atoms with Crippen LogP contribution < -0.4 is 11.1 Å². The molecule has 0 saturated carbocycles. The van der Waals surface area contributed by atoms with Crippen LogP contribution >= 0.6 is 0 Å². The first-order valence-electron chi connectivity index (χ1n) is 5.85. The zero-order valence-corrected chi connectivity index (χ0v) is 10.7. The summed E-state index contributed by atoms with van der Waals surface area (Å²) in [6, 6.07) is 5.46. The second kappa shape index (κ2) is 4.68. The number of oxazole rings is 1. The number of hydrogen-bond donors (Lipinski definition) is 1. The van der Waals surface area contributed by atoms with Gasteiger partial charge in [0.05, 0.1) is 5.52 Å². The lowest BCUT2D eigenvalue weighted by molar-refractivity contribution is -0.124. The average molecular weight is 248 g/mol. The molecule has 2 rings (SSSR count). The Morgan fingerprint density at radius 3 is 2.83 bits per heavy atom. The second-order valence-corrected chi connectivity index (χ2v) is 4.60. The molecule has 1 aromatic heterocycles. The molecule has 0 aliphatic carbocycles. The van der Waals surface area contributed by atoms with Crippen molar-refractivity contribution in [1.82, 2.24) is 9.88 Å². The SMILES string of the molecule is CC(C)C(=O)NCc1ccc2c(c1)oc(=O)n2C. The number of carbonyl (C=O) groups excluding carboxylic acids is 1. The van der Waals surface area contributed by atoms with Crippen LogP contribution in [-0.2, 0) is 18.4 Å². The van der Waals surface area contributed by atoms with Crippen molar-refractivity contribution in [1.29, 1.82) is 0 Å². The maximum Gasteiger partial charge on any atom is 0.419 e. The molecule has 0 aliphatic rings. The molecule has 5 nitrogen and oxygen atoms in total. The molecule has 0 bridgehead atoms. The van der Waals surface area contributed by atoms with Crippen molar-refractivity contribution in [3.8, 4) is 0 Å². The molecule has 96 valence electrons. The van der Waals surface area contributed by atoms with Gasteiger partial charge in [0.1, 0.15) is 0 Å². The minimum Gasteiger partial charge on any atom is -0.408 e. The predicted octanol–water partition coefficient (Wildman–Crippen LogP) is 1.40. The number of benzene rings is 1. The maximum absolute atomic E-state index is 11.4. The number of carbonyl (C=O) groups is 1. The Labute approximate surface area is 104 Å². The van der Waals surface area contributed by atoms with Gasteiger partial charge in [-0.3, -0.25) is 9.36 Å². The maximum atomic E-state index is 11.4. The van der Waals surface area contributed by atoms with Crippen molar-refractivity contribution in [3.05, 3.63) is 34.3 Å². The fraction of sp³-hybridized carbons (Fsp3) is 0.385. The smallest absolute Gasteiger partial charge is 0.408 e. The molecule has 1 heterocycles. The summed E-state index contributed by atoms with van der Waals surface area (Å²) in [5, 5.41) is 2.82. The molecular formula is C13H16N2O3. The molecule has 18 heavy (non-hydrogen) atoms. The van der Waals surface area contributed by atoms with Gasteiger partial charge in [-0.2, -0.15) is 0 Å². The van der Waals surface area contributed by atoms with Crippen LogP contribution in [0.2, 0.25) is 0 Å². The molecule has 0 radical (unpaired) electrons. The van der Waals surface area contributed by atoms with Crippen LogP contribution in [0.15, 0.2) is 27.4 Å². The molecule has 1 aromatic carbocycles. The Bertz CT molecular complexity index is 637. The zero-order valence-electron chi connectivity index (χ0n) is 10.7. The standard InChI is InChI=1S/C13H16N2O3/c1-8(2)12(16)14-7-9-4-5-10-11(6-9)18-13(17)15(10)3/h4-6,8H,7H2,1-3H3,(H,14,16). The Morgan fingerprint density at radius 1 is 1.44 bits per heavy atom. The number of rotatable bonds is 3. The van der Waals surface area contributed by atoms with Crippen molar-refractivity contribution in [2.75, 3.05) is 0 Å². The summed E-state index contributed by atoms with van der Waals surface area (Å²) in [5.74, 6) is -0.415. The highest BCUT2D eigenvalue weighted by atomic mass is 16.4. The second-order valence-electron chi connectivity index (χ2n) is 4.60. The summed E-state index contributed by atoms with van der Waals surface area (Å²) >= 11 is 0. The minimum atomic E-state index is -0.381. The topological polar surface area (TPSA) is 64.2 Å². The highest BCUT2D eigenvalue weighted by Crippen LogP contribution is 2.14. The van der Waals surface area contributed by atoms with Gasteiger partial charge in [0.2, 0.25) is 5.91 Å². The summed E-state index contributed by atoms with van der Waals surface area (Å²) in [4.78, 5) is 22.8. The van der Waals surface area contributed by atoms with Gasteiger partial charge in [-0.25, -0.2) is 4.79 Å². The summed E-state index contributed by atoms with van der Waals surface area (Å²) < 4.78 is 6.54. The Balaban J connectivity index is 2.21. The van der Waals surface area contributed by atoms with Gasteiger partial charge >= 0.3 is 5.76 Å². The van der Waals surface area contributed by atoms with E-state index in [0.29, 0.717) is 12.1 Å². The first-order chi connectivity index (χ1) is 8.49. The molecule has 0 aliphatic heterocycles. The van der Waals surface area contributed by atoms with E-state index in [1.165, 1.54) is 4.57 Å². The van der Waals surface area contributed by atoms with Gasteiger partial charge in [-0.1, -0.05) is 19.9 Å². The fourth-order valence-electron chi connectivity index (χ4n) is 1.68. The van der Waals surface area contributed by atoms with Gasteiger partial charge in [-0.05, 0) is 17.7 Å². The van der Waals surface area contributed by atoms with E-state index in [9.17, 15) is 9.59 Å². The monoisotopic (exact) mass is 248 g/mol. The Kier molecular flexibility index (Phi) is 3.23. The van der Waals surface area contributed by atoms with E-state index in [1.54, 1.807) is 13.1 Å². The van der Waals surface area contributed by atoms with Crippen molar-refractivity contribution in [2.45, 2.75) is 20.4 Å². The van der Waals surface area contributed by atoms with Crippen LogP contribution in [0.25, 0.3) is 11.1 Å². The van der Waals surface area contributed by atoms with Crippen LogP contribution in [0.4, 0.5) is 0 Å². The summed E-state index contributed by atoms with van der Waals surface area (Å²) in [5.41, 5.74) is 2.20. The largest absolute Gasteiger partial charge is 0.419 e. The van der Waals surface area contributed by atoms with Crippen LogP contribution in [0.5, 0.6) is 0 Å².